The fourth-order valence-corrected chi connectivity index (χ4v) is 2.60. The number of likely N-dealkylation sites (tertiary alicyclic amines) is 1. The molecule has 1 fully saturated rings. The molecule has 7 nitrogen and oxygen atoms in total. The molecule has 3 rings (SSSR count). The summed E-state index contributed by atoms with van der Waals surface area (Å²) >= 11 is 0. The molecule has 1 N–H and O–H groups in total. The van der Waals surface area contributed by atoms with Crippen molar-refractivity contribution in [1.29, 1.82) is 0 Å². The number of carbonyl (C=O) groups is 1. The number of nitrogens with one attached hydrogen (secondary N) is 1. The fraction of sp³-hybridized carbons (Fsp3) is 0.400. The molecule has 0 saturated carbocycles. The van der Waals surface area contributed by atoms with E-state index >= 15 is 0 Å². The molecule has 0 unspecified atom stereocenters. The Hall–Kier alpha value is -2.78. The van der Waals surface area contributed by atoms with Gasteiger partial charge in [0.1, 0.15) is 23.5 Å². The Balaban J connectivity index is 1.57. The molecular formula is C15H15F3N6O. The topological polar surface area (TPSA) is 83.9 Å². The Morgan fingerprint density at radius 1 is 1.16 bits per heavy atom. The van der Waals surface area contributed by atoms with Crippen LogP contribution in [0.25, 0.3) is 0 Å². The van der Waals surface area contributed by atoms with Crippen molar-refractivity contribution in [2.45, 2.75) is 25.1 Å². The number of alkyl halides is 3. The van der Waals surface area contributed by atoms with Gasteiger partial charge in [-0.25, -0.2) is 15.0 Å². The van der Waals surface area contributed by atoms with E-state index in [-0.39, 0.29) is 23.5 Å². The number of hydrogen-bond donors (Lipinski definition) is 1. The molecule has 3 heterocycles. The van der Waals surface area contributed by atoms with Gasteiger partial charge in [0.15, 0.2) is 0 Å². The maximum absolute atomic E-state index is 12.7. The van der Waals surface area contributed by atoms with Crippen molar-refractivity contribution in [3.63, 3.8) is 0 Å². The van der Waals surface area contributed by atoms with Gasteiger partial charge in [0.2, 0.25) is 0 Å². The average Bonchev–Trinajstić information content (AvgIpc) is 2.62. The standard InChI is InChI=1S/C15H15F3N6O/c16-15(17,18)12-7-13(22-9-21-12)23-10-1-5-24(6-2-10)14(25)11-8-19-3-4-20-11/h3-4,7-10H,1-2,5-6H2,(H,21,22,23). The monoisotopic (exact) mass is 352 g/mol. The van der Waals surface area contributed by atoms with E-state index in [1.165, 1.54) is 18.6 Å². The minimum absolute atomic E-state index is 0.0677. The molecular weight excluding hydrogens is 337 g/mol. The number of piperidine rings is 1. The van der Waals surface area contributed by atoms with E-state index < -0.39 is 11.9 Å². The van der Waals surface area contributed by atoms with Crippen molar-refractivity contribution < 1.29 is 18.0 Å². The van der Waals surface area contributed by atoms with Crippen LogP contribution in [-0.2, 0) is 6.18 Å². The van der Waals surface area contributed by atoms with E-state index in [1.807, 2.05) is 0 Å². The molecule has 1 aliphatic heterocycles. The maximum atomic E-state index is 12.7. The Bertz CT molecular complexity index is 732. The summed E-state index contributed by atoms with van der Waals surface area (Å²) in [5, 5.41) is 2.98. The molecule has 1 aliphatic rings. The summed E-state index contributed by atoms with van der Waals surface area (Å²) in [5.74, 6) is -0.0750. The lowest BCUT2D eigenvalue weighted by atomic mass is 10.0. The second-order valence-corrected chi connectivity index (χ2v) is 5.59. The van der Waals surface area contributed by atoms with Crippen LogP contribution in [0, 0.1) is 0 Å². The number of anilines is 1. The Morgan fingerprint density at radius 3 is 2.56 bits per heavy atom. The maximum Gasteiger partial charge on any atom is 0.433 e. The highest BCUT2D eigenvalue weighted by Gasteiger charge is 2.33. The van der Waals surface area contributed by atoms with Crippen molar-refractivity contribution in [3.8, 4) is 0 Å². The number of carbonyl (C=O) groups excluding carboxylic acids is 1. The van der Waals surface area contributed by atoms with Crippen LogP contribution in [-0.4, -0.2) is 49.9 Å². The summed E-state index contributed by atoms with van der Waals surface area (Å²) in [5.41, 5.74) is -0.709. The number of rotatable bonds is 3. The van der Waals surface area contributed by atoms with Gasteiger partial charge in [-0.15, -0.1) is 0 Å². The number of amides is 1. The average molecular weight is 352 g/mol. The summed E-state index contributed by atoms with van der Waals surface area (Å²) in [6, 6.07) is 0.818. The number of aromatic nitrogens is 4. The van der Waals surface area contributed by atoms with Gasteiger partial charge >= 0.3 is 6.18 Å². The van der Waals surface area contributed by atoms with Crippen molar-refractivity contribution in [2.24, 2.45) is 0 Å². The van der Waals surface area contributed by atoms with Crippen molar-refractivity contribution in [2.75, 3.05) is 18.4 Å². The molecule has 0 aromatic carbocycles. The van der Waals surface area contributed by atoms with Crippen LogP contribution in [0.1, 0.15) is 29.0 Å². The summed E-state index contributed by atoms with van der Waals surface area (Å²) in [6.45, 7) is 0.953. The van der Waals surface area contributed by atoms with E-state index in [0.29, 0.717) is 25.9 Å². The molecule has 132 valence electrons. The zero-order chi connectivity index (χ0) is 17.9. The molecule has 10 heteroatoms. The zero-order valence-corrected chi connectivity index (χ0v) is 13.1. The van der Waals surface area contributed by atoms with Gasteiger partial charge in [-0.05, 0) is 12.8 Å². The fourth-order valence-electron chi connectivity index (χ4n) is 2.60. The van der Waals surface area contributed by atoms with E-state index in [9.17, 15) is 18.0 Å². The molecule has 25 heavy (non-hydrogen) atoms. The summed E-state index contributed by atoms with van der Waals surface area (Å²) in [6.07, 6.45) is 1.92. The molecule has 2 aromatic rings. The molecule has 1 saturated heterocycles. The van der Waals surface area contributed by atoms with Crippen LogP contribution in [0.5, 0.6) is 0 Å². The summed E-state index contributed by atoms with van der Waals surface area (Å²) < 4.78 is 38.0. The van der Waals surface area contributed by atoms with Gasteiger partial charge in [-0.2, -0.15) is 13.2 Å². The highest BCUT2D eigenvalue weighted by atomic mass is 19.4. The predicted molar refractivity (Wildman–Crippen MR) is 81.6 cm³/mol. The predicted octanol–water partition coefficient (Wildman–Crippen LogP) is 2.00. The first kappa shape index (κ1) is 17.1. The number of nitrogens with zero attached hydrogens (tertiary/aromatic N) is 5. The molecule has 0 bridgehead atoms. The lowest BCUT2D eigenvalue weighted by Crippen LogP contribution is -2.42. The molecule has 0 aliphatic carbocycles. The van der Waals surface area contributed by atoms with Gasteiger partial charge < -0.3 is 10.2 Å². The third kappa shape index (κ3) is 4.20. The second-order valence-electron chi connectivity index (χ2n) is 5.59. The molecule has 0 atom stereocenters. The summed E-state index contributed by atoms with van der Waals surface area (Å²) in [4.78, 5) is 28.8. The lowest BCUT2D eigenvalue weighted by molar-refractivity contribution is -0.141. The van der Waals surface area contributed by atoms with Gasteiger partial charge in [0.25, 0.3) is 5.91 Å². The van der Waals surface area contributed by atoms with Crippen LogP contribution in [0.4, 0.5) is 19.0 Å². The first-order chi connectivity index (χ1) is 11.9. The van der Waals surface area contributed by atoms with Crippen LogP contribution in [0.3, 0.4) is 0 Å². The van der Waals surface area contributed by atoms with E-state index in [1.54, 1.807) is 4.90 Å². The Labute approximate surface area is 141 Å². The third-order valence-electron chi connectivity index (χ3n) is 3.87. The van der Waals surface area contributed by atoms with E-state index in [2.05, 4.69) is 25.3 Å². The Morgan fingerprint density at radius 2 is 1.92 bits per heavy atom. The minimum atomic E-state index is -4.51. The highest BCUT2D eigenvalue weighted by molar-refractivity contribution is 5.92. The second kappa shape index (κ2) is 6.99. The molecule has 1 amide bonds. The van der Waals surface area contributed by atoms with Crippen LogP contribution in [0.2, 0.25) is 0 Å². The lowest BCUT2D eigenvalue weighted by Gasteiger charge is -2.32. The molecule has 0 spiro atoms. The highest BCUT2D eigenvalue weighted by Crippen LogP contribution is 2.28. The van der Waals surface area contributed by atoms with Crippen LogP contribution < -0.4 is 5.32 Å². The third-order valence-corrected chi connectivity index (χ3v) is 3.87. The van der Waals surface area contributed by atoms with Gasteiger partial charge in [0, 0.05) is 37.6 Å². The number of halogens is 3. The van der Waals surface area contributed by atoms with E-state index in [0.717, 1.165) is 12.4 Å². The van der Waals surface area contributed by atoms with Crippen molar-refractivity contribution in [1.82, 2.24) is 24.8 Å². The van der Waals surface area contributed by atoms with Gasteiger partial charge in [-0.3, -0.25) is 9.78 Å². The van der Waals surface area contributed by atoms with Crippen LogP contribution >= 0.6 is 0 Å². The Kier molecular flexibility index (Phi) is 4.77. The SMILES string of the molecule is O=C(c1cnccn1)N1CCC(Nc2cc(C(F)(F)F)ncn2)CC1. The van der Waals surface area contributed by atoms with Gasteiger partial charge in [-0.1, -0.05) is 0 Å². The largest absolute Gasteiger partial charge is 0.433 e. The zero-order valence-electron chi connectivity index (χ0n) is 13.1. The van der Waals surface area contributed by atoms with Crippen molar-refractivity contribution >= 4 is 11.7 Å². The quantitative estimate of drug-likeness (QED) is 0.910. The summed E-state index contributed by atoms with van der Waals surface area (Å²) in [7, 11) is 0. The molecule has 2 aromatic heterocycles. The van der Waals surface area contributed by atoms with Crippen molar-refractivity contribution in [3.05, 3.63) is 42.4 Å². The minimum Gasteiger partial charge on any atom is -0.367 e. The van der Waals surface area contributed by atoms with Gasteiger partial charge in [0.05, 0.1) is 6.20 Å². The first-order valence-electron chi connectivity index (χ1n) is 7.64. The van der Waals surface area contributed by atoms with Crippen LogP contribution in [0.15, 0.2) is 31.0 Å². The molecule has 0 radical (unpaired) electrons. The smallest absolute Gasteiger partial charge is 0.367 e. The van der Waals surface area contributed by atoms with E-state index in [4.69, 9.17) is 0 Å². The first-order valence-corrected chi connectivity index (χ1v) is 7.64. The normalized spacial score (nSPS) is 15.9. The number of hydrogen-bond acceptors (Lipinski definition) is 6.